The molecule has 0 saturated carbocycles. The molecule has 0 aliphatic heterocycles. The van der Waals surface area contributed by atoms with E-state index in [4.69, 9.17) is 4.98 Å². The molecule has 0 spiro atoms. The lowest BCUT2D eigenvalue weighted by Gasteiger charge is -2.24. The maximum atomic E-state index is 5.02. The first-order valence-corrected chi connectivity index (χ1v) is 14.9. The Balaban J connectivity index is 1.63. The Labute approximate surface area is 236 Å². The van der Waals surface area contributed by atoms with E-state index in [2.05, 4.69) is 131 Å². The van der Waals surface area contributed by atoms with Crippen LogP contribution in [0.2, 0.25) is 0 Å². The molecular formula is C36H36N2S. The van der Waals surface area contributed by atoms with Gasteiger partial charge in [-0.3, -0.25) is 4.57 Å². The predicted octanol–water partition coefficient (Wildman–Crippen LogP) is 10.9. The zero-order chi connectivity index (χ0) is 27.3. The van der Waals surface area contributed by atoms with Crippen molar-refractivity contribution in [3.63, 3.8) is 0 Å². The van der Waals surface area contributed by atoms with Gasteiger partial charge in [0.2, 0.25) is 0 Å². The van der Waals surface area contributed by atoms with Gasteiger partial charge in [0.25, 0.3) is 0 Å². The molecule has 0 aliphatic carbocycles. The minimum Gasteiger partial charge on any atom is -0.299 e. The Kier molecular flexibility index (Phi) is 6.64. The number of hydrogen-bond donors (Lipinski definition) is 0. The Morgan fingerprint density at radius 2 is 1.26 bits per heavy atom. The molecule has 0 aliphatic rings. The molecule has 2 aromatic heterocycles. The lowest BCUT2D eigenvalue weighted by atomic mass is 9.88. The molecule has 0 fully saturated rings. The third kappa shape index (κ3) is 4.49. The van der Waals surface area contributed by atoms with Crippen molar-refractivity contribution < 1.29 is 0 Å². The topological polar surface area (TPSA) is 17.8 Å². The van der Waals surface area contributed by atoms with Crippen LogP contribution >= 0.6 is 11.3 Å². The number of fused-ring (bicyclic) bond motifs is 3. The van der Waals surface area contributed by atoms with Crippen LogP contribution in [0.3, 0.4) is 0 Å². The Bertz CT molecular complexity index is 1750. The van der Waals surface area contributed by atoms with Crippen molar-refractivity contribution in [2.45, 2.75) is 59.3 Å². The van der Waals surface area contributed by atoms with E-state index in [1.807, 2.05) is 17.5 Å². The van der Waals surface area contributed by atoms with Gasteiger partial charge in [-0.05, 0) is 75.9 Å². The summed E-state index contributed by atoms with van der Waals surface area (Å²) in [5.74, 6) is 2.13. The van der Waals surface area contributed by atoms with Crippen molar-refractivity contribution in [1.29, 1.82) is 0 Å². The highest BCUT2D eigenvalue weighted by molar-refractivity contribution is 7.25. The van der Waals surface area contributed by atoms with E-state index in [0.717, 1.165) is 5.82 Å². The highest BCUT2D eigenvalue weighted by atomic mass is 32.1. The van der Waals surface area contributed by atoms with Crippen LogP contribution in [-0.4, -0.2) is 9.55 Å². The number of imidazole rings is 1. The molecule has 6 aromatic rings. The second-order valence-electron chi connectivity index (χ2n) is 11.5. The molecule has 4 aromatic carbocycles. The fourth-order valence-electron chi connectivity index (χ4n) is 5.78. The second-order valence-corrected chi connectivity index (χ2v) is 12.6. The minimum atomic E-state index is 0.365. The van der Waals surface area contributed by atoms with Gasteiger partial charge >= 0.3 is 0 Å². The van der Waals surface area contributed by atoms with Gasteiger partial charge in [0.1, 0.15) is 5.82 Å². The predicted molar refractivity (Wildman–Crippen MR) is 170 cm³/mol. The van der Waals surface area contributed by atoms with Gasteiger partial charge in [0.05, 0.1) is 5.69 Å². The number of thiophene rings is 1. The summed E-state index contributed by atoms with van der Waals surface area (Å²) in [5.41, 5.74) is 9.09. The van der Waals surface area contributed by atoms with E-state index in [1.54, 1.807) is 0 Å². The molecule has 0 radical (unpaired) electrons. The number of rotatable bonds is 6. The summed E-state index contributed by atoms with van der Waals surface area (Å²) < 4.78 is 5.05. The SMILES string of the molecule is CC(C)c1cc2sc3ccccc3c2cc1-c1nccn1-c1c(C(C)C)cc(-c2ccccc2)cc1C(C)C. The fourth-order valence-corrected chi connectivity index (χ4v) is 6.91. The van der Waals surface area contributed by atoms with Crippen LogP contribution in [0.5, 0.6) is 0 Å². The van der Waals surface area contributed by atoms with Gasteiger partial charge in [-0.15, -0.1) is 11.3 Å². The molecule has 196 valence electrons. The van der Waals surface area contributed by atoms with Crippen molar-refractivity contribution in [3.8, 4) is 28.2 Å². The van der Waals surface area contributed by atoms with E-state index < -0.39 is 0 Å². The summed E-state index contributed by atoms with van der Waals surface area (Å²) in [6.45, 7) is 13.8. The van der Waals surface area contributed by atoms with Crippen LogP contribution in [0.15, 0.2) is 91.3 Å². The summed E-state index contributed by atoms with van der Waals surface area (Å²) in [7, 11) is 0. The Hall–Kier alpha value is -3.69. The average Bonchev–Trinajstić information content (AvgIpc) is 3.56. The largest absolute Gasteiger partial charge is 0.299 e. The first-order valence-electron chi connectivity index (χ1n) is 14.1. The van der Waals surface area contributed by atoms with Crippen molar-refractivity contribution >= 4 is 31.5 Å². The average molecular weight is 529 g/mol. The third-order valence-electron chi connectivity index (χ3n) is 7.81. The van der Waals surface area contributed by atoms with E-state index in [0.29, 0.717) is 17.8 Å². The first-order chi connectivity index (χ1) is 18.8. The molecule has 39 heavy (non-hydrogen) atoms. The molecule has 0 bridgehead atoms. The van der Waals surface area contributed by atoms with Crippen molar-refractivity contribution in [1.82, 2.24) is 9.55 Å². The molecule has 2 heterocycles. The number of aromatic nitrogens is 2. The number of hydrogen-bond acceptors (Lipinski definition) is 2. The lowest BCUT2D eigenvalue weighted by Crippen LogP contribution is -2.09. The maximum absolute atomic E-state index is 5.02. The maximum Gasteiger partial charge on any atom is 0.144 e. The van der Waals surface area contributed by atoms with Crippen LogP contribution in [-0.2, 0) is 0 Å². The van der Waals surface area contributed by atoms with E-state index >= 15 is 0 Å². The Morgan fingerprint density at radius 3 is 1.92 bits per heavy atom. The molecule has 0 atom stereocenters. The summed E-state index contributed by atoms with van der Waals surface area (Å²) in [6.07, 6.45) is 4.12. The quantitative estimate of drug-likeness (QED) is 0.210. The lowest BCUT2D eigenvalue weighted by molar-refractivity contribution is 0.806. The van der Waals surface area contributed by atoms with Crippen molar-refractivity contribution in [2.24, 2.45) is 0 Å². The zero-order valence-electron chi connectivity index (χ0n) is 23.7. The normalized spacial score (nSPS) is 12.0. The van der Waals surface area contributed by atoms with Crippen LogP contribution in [0.1, 0.15) is 76.0 Å². The van der Waals surface area contributed by atoms with E-state index in [1.165, 1.54) is 59.2 Å². The minimum absolute atomic E-state index is 0.365. The van der Waals surface area contributed by atoms with Gasteiger partial charge in [0.15, 0.2) is 0 Å². The van der Waals surface area contributed by atoms with Crippen molar-refractivity contribution in [3.05, 3.63) is 108 Å². The van der Waals surface area contributed by atoms with Gasteiger partial charge in [-0.25, -0.2) is 4.98 Å². The van der Waals surface area contributed by atoms with Crippen LogP contribution < -0.4 is 0 Å². The molecule has 0 saturated heterocycles. The standard InChI is InChI=1S/C36H36N2S/c1-22(2)28-21-34-31(27-14-10-11-15-33(27)39-34)20-32(28)36-37-16-17-38(36)35-29(23(3)4)18-26(19-30(35)24(5)6)25-12-8-7-9-13-25/h7-24H,1-6H3. The highest BCUT2D eigenvalue weighted by Gasteiger charge is 2.23. The fraction of sp³-hybridized carbons (Fsp3) is 0.250. The first kappa shape index (κ1) is 25.6. The second kappa shape index (κ2) is 10.1. The van der Waals surface area contributed by atoms with Gasteiger partial charge < -0.3 is 0 Å². The van der Waals surface area contributed by atoms with E-state index in [-0.39, 0.29) is 0 Å². The van der Waals surface area contributed by atoms with E-state index in [9.17, 15) is 0 Å². The van der Waals surface area contributed by atoms with Gasteiger partial charge in [-0.2, -0.15) is 0 Å². The summed E-state index contributed by atoms with van der Waals surface area (Å²) in [5, 5.41) is 2.64. The Morgan fingerprint density at radius 1 is 0.615 bits per heavy atom. The van der Waals surface area contributed by atoms with Gasteiger partial charge in [0, 0.05) is 38.1 Å². The van der Waals surface area contributed by atoms with Crippen LogP contribution in [0.25, 0.3) is 48.4 Å². The molecule has 2 nitrogen and oxygen atoms in total. The molecule has 0 amide bonds. The summed E-state index contributed by atoms with van der Waals surface area (Å²) in [4.78, 5) is 5.02. The zero-order valence-corrected chi connectivity index (χ0v) is 24.5. The monoisotopic (exact) mass is 528 g/mol. The van der Waals surface area contributed by atoms with Crippen LogP contribution in [0.4, 0.5) is 0 Å². The molecule has 6 rings (SSSR count). The molecular weight excluding hydrogens is 492 g/mol. The third-order valence-corrected chi connectivity index (χ3v) is 8.95. The van der Waals surface area contributed by atoms with Gasteiger partial charge in [-0.1, -0.05) is 90.1 Å². The smallest absolute Gasteiger partial charge is 0.144 e. The number of benzene rings is 4. The highest BCUT2D eigenvalue weighted by Crippen LogP contribution is 2.42. The molecule has 0 unspecified atom stereocenters. The number of nitrogens with zero attached hydrogens (tertiary/aromatic N) is 2. The summed E-state index contributed by atoms with van der Waals surface area (Å²) >= 11 is 1.88. The summed E-state index contributed by atoms with van der Waals surface area (Å²) in [6, 6.07) is 29.1. The molecule has 0 N–H and O–H groups in total. The van der Waals surface area contributed by atoms with Crippen molar-refractivity contribution in [2.75, 3.05) is 0 Å². The van der Waals surface area contributed by atoms with Crippen LogP contribution in [0, 0.1) is 0 Å². The molecule has 3 heteroatoms.